The number of hydrogen-bond acceptors (Lipinski definition) is 5. The van der Waals surface area contributed by atoms with Crippen LogP contribution in [0.3, 0.4) is 0 Å². The maximum absolute atomic E-state index is 11.4. The molecular weight excluding hydrogens is 288 g/mol. The summed E-state index contributed by atoms with van der Waals surface area (Å²) >= 11 is 0. The average molecular weight is 306 g/mol. The second kappa shape index (κ2) is 5.63. The third-order valence-electron chi connectivity index (χ3n) is 2.99. The van der Waals surface area contributed by atoms with E-state index >= 15 is 0 Å². The first-order valence-corrected chi connectivity index (χ1v) is 7.79. The molecule has 0 aliphatic rings. The van der Waals surface area contributed by atoms with Crippen molar-refractivity contribution < 1.29 is 8.42 Å². The minimum Gasteiger partial charge on any atom is -0.397 e. The summed E-state index contributed by atoms with van der Waals surface area (Å²) in [6.45, 7) is 0. The summed E-state index contributed by atoms with van der Waals surface area (Å²) in [6, 6.07) is 12.0. The maximum atomic E-state index is 11.4. The highest BCUT2D eigenvalue weighted by Crippen LogP contribution is 2.27. The Labute approximate surface area is 124 Å². The van der Waals surface area contributed by atoms with E-state index in [-0.39, 0.29) is 4.90 Å². The predicted molar refractivity (Wildman–Crippen MR) is 86.3 cm³/mol. The lowest BCUT2D eigenvalue weighted by Crippen LogP contribution is -2.12. The summed E-state index contributed by atoms with van der Waals surface area (Å²) < 4.78 is 22.8. The fourth-order valence-electron chi connectivity index (χ4n) is 1.84. The van der Waals surface area contributed by atoms with E-state index in [1.54, 1.807) is 0 Å². The average Bonchev–Trinajstić information content (AvgIpc) is 2.40. The second-order valence-corrected chi connectivity index (χ2v) is 6.43. The van der Waals surface area contributed by atoms with E-state index in [1.165, 1.54) is 18.2 Å². The van der Waals surface area contributed by atoms with E-state index < -0.39 is 10.0 Å². The Morgan fingerprint density at radius 3 is 2.43 bits per heavy atom. The molecule has 0 heterocycles. The van der Waals surface area contributed by atoms with Crippen LogP contribution in [0.15, 0.2) is 47.4 Å². The molecule has 0 aromatic heterocycles. The van der Waals surface area contributed by atoms with Crippen LogP contribution in [0.1, 0.15) is 0 Å². The van der Waals surface area contributed by atoms with E-state index in [0.29, 0.717) is 11.4 Å². The van der Waals surface area contributed by atoms with Gasteiger partial charge in [0.15, 0.2) is 0 Å². The molecule has 0 radical (unpaired) electrons. The van der Waals surface area contributed by atoms with E-state index in [4.69, 9.17) is 10.9 Å². The molecule has 0 aliphatic heterocycles. The molecule has 2 aromatic carbocycles. The Hall–Kier alpha value is -2.25. The van der Waals surface area contributed by atoms with Gasteiger partial charge in [-0.05, 0) is 36.4 Å². The number of sulfonamides is 1. The summed E-state index contributed by atoms with van der Waals surface area (Å²) in [5, 5.41) is 8.24. The van der Waals surface area contributed by atoms with Crippen LogP contribution in [0.5, 0.6) is 0 Å². The lowest BCUT2D eigenvalue weighted by molar-refractivity contribution is 0.598. The second-order valence-electron chi connectivity index (χ2n) is 4.86. The van der Waals surface area contributed by atoms with Crippen LogP contribution < -0.4 is 21.1 Å². The molecule has 112 valence electrons. The van der Waals surface area contributed by atoms with Crippen LogP contribution in [-0.4, -0.2) is 22.5 Å². The predicted octanol–water partition coefficient (Wildman–Crippen LogP) is 1.73. The molecule has 2 aromatic rings. The van der Waals surface area contributed by atoms with Crippen molar-refractivity contribution in [1.29, 1.82) is 0 Å². The van der Waals surface area contributed by atoms with Gasteiger partial charge >= 0.3 is 0 Å². The molecule has 0 bridgehead atoms. The van der Waals surface area contributed by atoms with Gasteiger partial charge in [0.1, 0.15) is 0 Å². The molecule has 0 fully saturated rings. The fraction of sp³-hybridized carbons (Fsp3) is 0.143. The third kappa shape index (κ3) is 3.65. The molecule has 0 aliphatic carbocycles. The van der Waals surface area contributed by atoms with Crippen molar-refractivity contribution in [3.63, 3.8) is 0 Å². The lowest BCUT2D eigenvalue weighted by Gasteiger charge is -2.15. The Bertz CT molecular complexity index is 757. The summed E-state index contributed by atoms with van der Waals surface area (Å²) in [5.74, 6) is 0. The van der Waals surface area contributed by atoms with Crippen molar-refractivity contribution in [2.75, 3.05) is 30.0 Å². The first-order valence-electron chi connectivity index (χ1n) is 6.24. The topological polar surface area (TPSA) is 101 Å². The SMILES string of the molecule is CN(C)c1cccc(Nc2cc(S(N)(=O)=O)ccc2N)c1. The largest absolute Gasteiger partial charge is 0.397 e. The zero-order valence-electron chi connectivity index (χ0n) is 11.9. The molecular formula is C14H18N4O2S. The molecule has 7 heteroatoms. The highest BCUT2D eigenvalue weighted by atomic mass is 32.2. The van der Waals surface area contributed by atoms with Crippen molar-refractivity contribution in [1.82, 2.24) is 0 Å². The first kappa shape index (κ1) is 15.1. The van der Waals surface area contributed by atoms with E-state index in [9.17, 15) is 8.42 Å². The van der Waals surface area contributed by atoms with Crippen LogP contribution in [0.4, 0.5) is 22.7 Å². The molecule has 0 unspecified atom stereocenters. The van der Waals surface area contributed by atoms with Crippen LogP contribution in [-0.2, 0) is 10.0 Å². The molecule has 0 saturated carbocycles. The van der Waals surface area contributed by atoms with Gasteiger partial charge in [0.05, 0.1) is 16.3 Å². The van der Waals surface area contributed by atoms with Crippen LogP contribution >= 0.6 is 0 Å². The number of hydrogen-bond donors (Lipinski definition) is 3. The van der Waals surface area contributed by atoms with Crippen molar-refractivity contribution in [3.05, 3.63) is 42.5 Å². The molecule has 2 rings (SSSR count). The number of anilines is 4. The monoisotopic (exact) mass is 306 g/mol. The van der Waals surface area contributed by atoms with Crippen LogP contribution in [0.2, 0.25) is 0 Å². The highest BCUT2D eigenvalue weighted by Gasteiger charge is 2.10. The Morgan fingerprint density at radius 1 is 1.10 bits per heavy atom. The van der Waals surface area contributed by atoms with Gasteiger partial charge in [-0.15, -0.1) is 0 Å². The minimum absolute atomic E-state index is 0.0166. The van der Waals surface area contributed by atoms with Gasteiger partial charge in [-0.3, -0.25) is 0 Å². The summed E-state index contributed by atoms with van der Waals surface area (Å²) in [5.41, 5.74) is 8.63. The number of nitrogens with two attached hydrogens (primary N) is 2. The van der Waals surface area contributed by atoms with Gasteiger partial charge in [-0.2, -0.15) is 0 Å². The van der Waals surface area contributed by atoms with E-state index in [0.717, 1.165) is 11.4 Å². The van der Waals surface area contributed by atoms with Gasteiger partial charge < -0.3 is 16.0 Å². The molecule has 0 amide bonds. The smallest absolute Gasteiger partial charge is 0.238 e. The molecule has 0 atom stereocenters. The van der Waals surface area contributed by atoms with Crippen molar-refractivity contribution in [2.45, 2.75) is 4.90 Å². The fourth-order valence-corrected chi connectivity index (χ4v) is 2.38. The normalized spacial score (nSPS) is 11.2. The standard InChI is InChI=1S/C14H18N4O2S/c1-18(2)11-5-3-4-10(8-11)17-14-9-12(21(16,19)20)6-7-13(14)15/h3-9,17H,15H2,1-2H3,(H2,16,19,20). The number of benzene rings is 2. The van der Waals surface area contributed by atoms with Gasteiger partial charge in [0.2, 0.25) is 10.0 Å². The van der Waals surface area contributed by atoms with Gasteiger partial charge in [-0.25, -0.2) is 13.6 Å². The molecule has 21 heavy (non-hydrogen) atoms. The van der Waals surface area contributed by atoms with E-state index in [1.807, 2.05) is 43.3 Å². The van der Waals surface area contributed by atoms with Crippen molar-refractivity contribution >= 4 is 32.8 Å². The third-order valence-corrected chi connectivity index (χ3v) is 3.91. The highest BCUT2D eigenvalue weighted by molar-refractivity contribution is 7.89. The molecule has 0 spiro atoms. The lowest BCUT2D eigenvalue weighted by atomic mass is 10.2. The quantitative estimate of drug-likeness (QED) is 0.747. The summed E-state index contributed by atoms with van der Waals surface area (Å²) in [4.78, 5) is 1.98. The zero-order valence-corrected chi connectivity index (χ0v) is 12.7. The van der Waals surface area contributed by atoms with Crippen LogP contribution in [0, 0.1) is 0 Å². The summed E-state index contributed by atoms with van der Waals surface area (Å²) in [6.07, 6.45) is 0. The van der Waals surface area contributed by atoms with Crippen molar-refractivity contribution in [2.24, 2.45) is 5.14 Å². The summed E-state index contributed by atoms with van der Waals surface area (Å²) in [7, 11) is 0.119. The van der Waals surface area contributed by atoms with Crippen LogP contribution in [0.25, 0.3) is 0 Å². The van der Waals surface area contributed by atoms with Gasteiger partial charge in [0, 0.05) is 25.5 Å². The number of rotatable bonds is 4. The maximum Gasteiger partial charge on any atom is 0.238 e. The van der Waals surface area contributed by atoms with E-state index in [2.05, 4.69) is 5.32 Å². The number of nitrogen functional groups attached to an aromatic ring is 1. The minimum atomic E-state index is -3.76. The molecule has 5 N–H and O–H groups in total. The first-order chi connectivity index (χ1) is 9.77. The Morgan fingerprint density at radius 2 is 1.81 bits per heavy atom. The number of primary sulfonamides is 1. The van der Waals surface area contributed by atoms with Gasteiger partial charge in [0.25, 0.3) is 0 Å². The molecule has 0 saturated heterocycles. The number of nitrogens with zero attached hydrogens (tertiary/aromatic N) is 1. The van der Waals surface area contributed by atoms with Gasteiger partial charge in [-0.1, -0.05) is 6.07 Å². The Kier molecular flexibility index (Phi) is 4.06. The molecule has 6 nitrogen and oxygen atoms in total. The van der Waals surface area contributed by atoms with Crippen molar-refractivity contribution in [3.8, 4) is 0 Å². The number of nitrogens with one attached hydrogen (secondary N) is 1. The Balaban J connectivity index is 2.37. The zero-order chi connectivity index (χ0) is 15.6.